The first-order chi connectivity index (χ1) is 15.7. The SMILES string of the molecule is C[C@H](NC(=O)[C@@H](N)Cc1ccc(O)cc1)C(=O)N[C@@H](Cc1ccccc1)C(=O)NCC(=O)O. The number of nitrogens with one attached hydrogen (secondary N) is 3. The number of hydrogen-bond donors (Lipinski definition) is 6. The first-order valence-corrected chi connectivity index (χ1v) is 10.3. The van der Waals surface area contributed by atoms with Crippen molar-refractivity contribution in [3.8, 4) is 5.75 Å². The topological polar surface area (TPSA) is 171 Å². The maximum atomic E-state index is 12.6. The van der Waals surface area contributed by atoms with Crippen LogP contribution in [-0.2, 0) is 32.0 Å². The monoisotopic (exact) mass is 456 g/mol. The van der Waals surface area contributed by atoms with E-state index < -0.39 is 48.4 Å². The van der Waals surface area contributed by atoms with Crippen LogP contribution in [0.4, 0.5) is 0 Å². The van der Waals surface area contributed by atoms with E-state index in [0.29, 0.717) is 0 Å². The van der Waals surface area contributed by atoms with Gasteiger partial charge in [-0.1, -0.05) is 42.5 Å². The molecule has 0 bridgehead atoms. The van der Waals surface area contributed by atoms with Crippen LogP contribution in [0.1, 0.15) is 18.1 Å². The van der Waals surface area contributed by atoms with Crippen molar-refractivity contribution in [2.45, 2.75) is 37.9 Å². The van der Waals surface area contributed by atoms with Crippen LogP contribution >= 0.6 is 0 Å². The van der Waals surface area contributed by atoms with E-state index in [9.17, 15) is 24.3 Å². The Morgan fingerprint density at radius 1 is 0.848 bits per heavy atom. The first-order valence-electron chi connectivity index (χ1n) is 10.3. The summed E-state index contributed by atoms with van der Waals surface area (Å²) in [7, 11) is 0. The highest BCUT2D eigenvalue weighted by Crippen LogP contribution is 2.11. The van der Waals surface area contributed by atoms with Crippen LogP contribution in [0.2, 0.25) is 0 Å². The lowest BCUT2D eigenvalue weighted by Crippen LogP contribution is -2.55. The number of benzene rings is 2. The van der Waals surface area contributed by atoms with Crippen molar-refractivity contribution in [1.29, 1.82) is 0 Å². The number of phenolic OH excluding ortho intramolecular Hbond substituents is 1. The molecule has 0 unspecified atom stereocenters. The van der Waals surface area contributed by atoms with Crippen LogP contribution in [0.25, 0.3) is 0 Å². The number of carbonyl (C=O) groups is 4. The molecular formula is C23H28N4O6. The van der Waals surface area contributed by atoms with Gasteiger partial charge >= 0.3 is 5.97 Å². The van der Waals surface area contributed by atoms with Gasteiger partial charge in [-0.3, -0.25) is 19.2 Å². The number of carboxylic acid groups (broad SMARTS) is 1. The number of nitrogens with two attached hydrogens (primary N) is 1. The zero-order valence-corrected chi connectivity index (χ0v) is 18.2. The van der Waals surface area contributed by atoms with Crippen LogP contribution in [-0.4, -0.2) is 58.6 Å². The Hall–Kier alpha value is -3.92. The molecule has 7 N–H and O–H groups in total. The van der Waals surface area contributed by atoms with E-state index in [1.807, 2.05) is 0 Å². The van der Waals surface area contributed by atoms with Gasteiger partial charge in [0.2, 0.25) is 17.7 Å². The minimum Gasteiger partial charge on any atom is -0.508 e. The van der Waals surface area contributed by atoms with Crippen LogP contribution in [0.15, 0.2) is 54.6 Å². The van der Waals surface area contributed by atoms with E-state index >= 15 is 0 Å². The summed E-state index contributed by atoms with van der Waals surface area (Å²) in [5, 5.41) is 25.5. The Bertz CT molecular complexity index is 965. The molecule has 0 aliphatic carbocycles. The third-order valence-electron chi connectivity index (χ3n) is 4.81. The molecule has 2 aromatic rings. The number of carbonyl (C=O) groups excluding carboxylic acids is 3. The van der Waals surface area contributed by atoms with Gasteiger partial charge in [-0.15, -0.1) is 0 Å². The van der Waals surface area contributed by atoms with E-state index in [2.05, 4.69) is 16.0 Å². The second kappa shape index (κ2) is 12.2. The number of aliphatic carboxylic acids is 1. The minimum atomic E-state index is -1.21. The maximum absolute atomic E-state index is 12.6. The molecule has 0 fully saturated rings. The van der Waals surface area contributed by atoms with E-state index in [-0.39, 0.29) is 18.6 Å². The Morgan fingerprint density at radius 2 is 1.45 bits per heavy atom. The summed E-state index contributed by atoms with van der Waals surface area (Å²) in [6, 6.07) is 12.2. The molecule has 0 heterocycles. The number of amides is 3. The van der Waals surface area contributed by atoms with Gasteiger partial charge in [-0.25, -0.2) is 0 Å². The molecule has 176 valence electrons. The van der Waals surface area contributed by atoms with Crippen LogP contribution in [0.5, 0.6) is 5.75 Å². The largest absolute Gasteiger partial charge is 0.508 e. The molecule has 0 aliphatic rings. The molecule has 0 aliphatic heterocycles. The lowest BCUT2D eigenvalue weighted by Gasteiger charge is -2.22. The van der Waals surface area contributed by atoms with E-state index in [1.54, 1.807) is 42.5 Å². The summed E-state index contributed by atoms with van der Waals surface area (Å²) < 4.78 is 0. The fourth-order valence-electron chi connectivity index (χ4n) is 3.01. The number of rotatable bonds is 11. The smallest absolute Gasteiger partial charge is 0.322 e. The number of aromatic hydroxyl groups is 1. The van der Waals surface area contributed by atoms with Gasteiger partial charge in [-0.05, 0) is 36.6 Å². The lowest BCUT2D eigenvalue weighted by molar-refractivity contribution is -0.138. The fourth-order valence-corrected chi connectivity index (χ4v) is 3.01. The van der Waals surface area contributed by atoms with Gasteiger partial charge in [0.05, 0.1) is 6.04 Å². The Balaban J connectivity index is 1.97. The maximum Gasteiger partial charge on any atom is 0.322 e. The summed E-state index contributed by atoms with van der Waals surface area (Å²) in [5.41, 5.74) is 7.44. The zero-order valence-electron chi connectivity index (χ0n) is 18.2. The van der Waals surface area contributed by atoms with Crippen molar-refractivity contribution in [3.05, 3.63) is 65.7 Å². The van der Waals surface area contributed by atoms with Gasteiger partial charge in [0, 0.05) is 6.42 Å². The van der Waals surface area contributed by atoms with Crippen molar-refractivity contribution in [1.82, 2.24) is 16.0 Å². The highest BCUT2D eigenvalue weighted by molar-refractivity contribution is 5.93. The molecular weight excluding hydrogens is 428 g/mol. The highest BCUT2D eigenvalue weighted by Gasteiger charge is 2.26. The van der Waals surface area contributed by atoms with Crippen molar-refractivity contribution in [2.24, 2.45) is 5.73 Å². The third-order valence-corrected chi connectivity index (χ3v) is 4.81. The molecule has 0 saturated heterocycles. The second-order valence-corrected chi connectivity index (χ2v) is 7.57. The molecule has 3 atom stereocenters. The van der Waals surface area contributed by atoms with Crippen molar-refractivity contribution < 1.29 is 29.4 Å². The highest BCUT2D eigenvalue weighted by atomic mass is 16.4. The van der Waals surface area contributed by atoms with Crippen molar-refractivity contribution in [3.63, 3.8) is 0 Å². The molecule has 3 amide bonds. The van der Waals surface area contributed by atoms with Crippen molar-refractivity contribution in [2.75, 3.05) is 6.54 Å². The normalized spacial score (nSPS) is 13.3. The third kappa shape index (κ3) is 8.62. The summed E-state index contributed by atoms with van der Waals surface area (Å²) >= 11 is 0. The second-order valence-electron chi connectivity index (χ2n) is 7.57. The molecule has 0 saturated carbocycles. The predicted octanol–water partition coefficient (Wildman–Crippen LogP) is -0.305. The van der Waals surface area contributed by atoms with Gasteiger partial charge in [0.25, 0.3) is 0 Å². The quantitative estimate of drug-likeness (QED) is 0.269. The molecule has 10 heteroatoms. The molecule has 10 nitrogen and oxygen atoms in total. The van der Waals surface area contributed by atoms with Crippen LogP contribution in [0, 0.1) is 0 Å². The Kier molecular flexibility index (Phi) is 9.37. The average molecular weight is 456 g/mol. The van der Waals surface area contributed by atoms with Crippen LogP contribution < -0.4 is 21.7 Å². The van der Waals surface area contributed by atoms with Gasteiger partial charge in [-0.2, -0.15) is 0 Å². The molecule has 2 rings (SSSR count). The summed E-state index contributed by atoms with van der Waals surface area (Å²) in [5.74, 6) is -2.94. The predicted molar refractivity (Wildman–Crippen MR) is 120 cm³/mol. The van der Waals surface area contributed by atoms with Crippen molar-refractivity contribution >= 4 is 23.7 Å². The average Bonchev–Trinajstić information content (AvgIpc) is 2.78. The van der Waals surface area contributed by atoms with Gasteiger partial charge in [0.15, 0.2) is 0 Å². The standard InChI is InChI=1S/C23H28N4O6/c1-14(26-22(32)18(24)11-16-7-9-17(28)10-8-16)21(31)27-19(23(33)25-13-20(29)30)12-15-5-3-2-4-6-15/h2-10,14,18-19,28H,11-13,24H2,1H3,(H,25,33)(H,26,32)(H,27,31)(H,29,30)/t14-,18-,19-/m0/s1. The Morgan fingerprint density at radius 3 is 2.06 bits per heavy atom. The number of carboxylic acids is 1. The fraction of sp³-hybridized carbons (Fsp3) is 0.304. The first kappa shape index (κ1) is 25.3. The van der Waals surface area contributed by atoms with Crippen LogP contribution in [0.3, 0.4) is 0 Å². The summed E-state index contributed by atoms with van der Waals surface area (Å²) in [6.45, 7) is 0.869. The van der Waals surface area contributed by atoms with E-state index in [4.69, 9.17) is 10.8 Å². The molecule has 0 spiro atoms. The Labute approximate surface area is 191 Å². The van der Waals surface area contributed by atoms with E-state index in [1.165, 1.54) is 19.1 Å². The number of hydrogen-bond acceptors (Lipinski definition) is 6. The minimum absolute atomic E-state index is 0.0968. The summed E-state index contributed by atoms with van der Waals surface area (Å²) in [4.78, 5) is 48.3. The zero-order chi connectivity index (χ0) is 24.4. The van der Waals surface area contributed by atoms with Gasteiger partial charge < -0.3 is 31.9 Å². The molecule has 2 aromatic carbocycles. The van der Waals surface area contributed by atoms with Gasteiger partial charge in [0.1, 0.15) is 24.4 Å². The lowest BCUT2D eigenvalue weighted by atomic mass is 10.0. The van der Waals surface area contributed by atoms with E-state index in [0.717, 1.165) is 11.1 Å². The molecule has 33 heavy (non-hydrogen) atoms. The molecule has 0 aromatic heterocycles. The summed E-state index contributed by atoms with van der Waals surface area (Å²) in [6.07, 6.45) is 0.341. The number of phenols is 1. The molecule has 0 radical (unpaired) electrons.